The van der Waals surface area contributed by atoms with Crippen molar-refractivity contribution in [2.45, 2.75) is 45.3 Å². The third-order valence-corrected chi connectivity index (χ3v) is 6.41. The van der Waals surface area contributed by atoms with Gasteiger partial charge in [-0.05, 0) is 31.9 Å². The molecule has 1 aliphatic rings. The molecule has 0 aliphatic carbocycles. The Kier molecular flexibility index (Phi) is 4.58. The highest BCUT2D eigenvalue weighted by atomic mass is 32.2. The molecule has 2 heterocycles. The fourth-order valence-corrected chi connectivity index (χ4v) is 4.96. The van der Waals surface area contributed by atoms with Crippen LogP contribution in [0.3, 0.4) is 0 Å². The van der Waals surface area contributed by atoms with Crippen molar-refractivity contribution in [3.05, 3.63) is 24.3 Å². The number of fused-ring (bicyclic) bond motifs is 1. The quantitative estimate of drug-likeness (QED) is 0.810. The summed E-state index contributed by atoms with van der Waals surface area (Å²) in [5.41, 5.74) is 1.54. The van der Waals surface area contributed by atoms with Gasteiger partial charge in [0.2, 0.25) is 5.91 Å². The first-order chi connectivity index (χ1) is 11.4. The van der Waals surface area contributed by atoms with Crippen LogP contribution < -0.4 is 0 Å². The second-order valence-electron chi connectivity index (χ2n) is 6.35. The summed E-state index contributed by atoms with van der Waals surface area (Å²) in [7, 11) is -3.04. The Morgan fingerprint density at radius 2 is 2.17 bits per heavy atom. The Morgan fingerprint density at radius 3 is 2.83 bits per heavy atom. The van der Waals surface area contributed by atoms with Gasteiger partial charge in [0.05, 0.1) is 17.0 Å². The normalized spacial score (nSPS) is 21.0. The van der Waals surface area contributed by atoms with Crippen LogP contribution in [0.1, 0.15) is 26.7 Å². The average molecular weight is 350 g/mol. The van der Waals surface area contributed by atoms with Gasteiger partial charge in [0.1, 0.15) is 12.1 Å². The number of hydrogen-bond acceptors (Lipinski definition) is 5. The molecule has 2 aromatic rings. The number of para-hydroxylation sites is 1. The molecule has 24 heavy (non-hydrogen) atoms. The summed E-state index contributed by atoms with van der Waals surface area (Å²) in [5.74, 6) is 0.104. The molecule has 0 unspecified atom stereocenters. The van der Waals surface area contributed by atoms with E-state index in [9.17, 15) is 13.2 Å². The molecule has 0 spiro atoms. The SMILES string of the molecule is CC[C@H](C)N(C(=O)Cn1nnc2ccccc21)[C@H]1CCS(=O)(=O)C1. The molecule has 0 N–H and O–H groups in total. The second kappa shape index (κ2) is 6.51. The molecule has 0 radical (unpaired) electrons. The number of amides is 1. The van der Waals surface area contributed by atoms with Crippen LogP contribution in [0.5, 0.6) is 0 Å². The molecule has 1 aliphatic heterocycles. The van der Waals surface area contributed by atoms with Gasteiger partial charge in [-0.15, -0.1) is 5.10 Å². The summed E-state index contributed by atoms with van der Waals surface area (Å²) >= 11 is 0. The molecule has 0 bridgehead atoms. The number of hydrogen-bond donors (Lipinski definition) is 0. The van der Waals surface area contributed by atoms with Crippen LogP contribution in [0.25, 0.3) is 11.0 Å². The molecule has 1 aromatic carbocycles. The predicted octanol–water partition coefficient (Wildman–Crippen LogP) is 1.25. The highest BCUT2D eigenvalue weighted by Crippen LogP contribution is 2.22. The van der Waals surface area contributed by atoms with Crippen molar-refractivity contribution in [1.29, 1.82) is 0 Å². The van der Waals surface area contributed by atoms with E-state index in [1.165, 1.54) is 0 Å². The van der Waals surface area contributed by atoms with E-state index in [2.05, 4.69) is 10.3 Å². The molecule has 3 rings (SSSR count). The molecule has 8 heteroatoms. The molecule has 1 amide bonds. The summed E-state index contributed by atoms with van der Waals surface area (Å²) in [5, 5.41) is 8.12. The zero-order valence-electron chi connectivity index (χ0n) is 13.9. The molecule has 1 fully saturated rings. The van der Waals surface area contributed by atoms with Crippen molar-refractivity contribution >= 4 is 26.8 Å². The number of sulfone groups is 1. The maximum absolute atomic E-state index is 12.9. The predicted molar refractivity (Wildman–Crippen MR) is 91.2 cm³/mol. The Balaban J connectivity index is 1.84. The smallest absolute Gasteiger partial charge is 0.244 e. The van der Waals surface area contributed by atoms with Crippen LogP contribution in [0.4, 0.5) is 0 Å². The van der Waals surface area contributed by atoms with Crippen molar-refractivity contribution in [2.24, 2.45) is 0 Å². The van der Waals surface area contributed by atoms with E-state index >= 15 is 0 Å². The lowest BCUT2D eigenvalue weighted by Gasteiger charge is -2.33. The van der Waals surface area contributed by atoms with Crippen LogP contribution in [0.15, 0.2) is 24.3 Å². The van der Waals surface area contributed by atoms with Crippen LogP contribution in [0, 0.1) is 0 Å². The van der Waals surface area contributed by atoms with Crippen LogP contribution in [0.2, 0.25) is 0 Å². The van der Waals surface area contributed by atoms with Gasteiger partial charge in [0, 0.05) is 12.1 Å². The van der Waals surface area contributed by atoms with E-state index < -0.39 is 9.84 Å². The van der Waals surface area contributed by atoms with Crippen LogP contribution in [-0.2, 0) is 21.2 Å². The summed E-state index contributed by atoms with van der Waals surface area (Å²) in [6.07, 6.45) is 1.29. The minimum atomic E-state index is -3.04. The first kappa shape index (κ1) is 16.9. The number of rotatable bonds is 5. The summed E-state index contributed by atoms with van der Waals surface area (Å²) in [6, 6.07) is 7.22. The number of carbonyl (C=O) groups excluding carboxylic acids is 1. The minimum absolute atomic E-state index is 0.00872. The molecule has 1 saturated heterocycles. The Hall–Kier alpha value is -1.96. The van der Waals surface area contributed by atoms with E-state index in [0.717, 1.165) is 17.5 Å². The first-order valence-electron chi connectivity index (χ1n) is 8.21. The Morgan fingerprint density at radius 1 is 1.42 bits per heavy atom. The lowest BCUT2D eigenvalue weighted by molar-refractivity contribution is -0.136. The van der Waals surface area contributed by atoms with Crippen molar-refractivity contribution in [1.82, 2.24) is 19.9 Å². The topological polar surface area (TPSA) is 85.2 Å². The van der Waals surface area contributed by atoms with Gasteiger partial charge >= 0.3 is 0 Å². The van der Waals surface area contributed by atoms with Crippen molar-refractivity contribution < 1.29 is 13.2 Å². The number of aromatic nitrogens is 3. The van der Waals surface area contributed by atoms with Crippen molar-refractivity contribution in [3.63, 3.8) is 0 Å². The van der Waals surface area contributed by atoms with Gasteiger partial charge in [0.25, 0.3) is 0 Å². The molecule has 130 valence electrons. The van der Waals surface area contributed by atoms with Gasteiger partial charge in [-0.3, -0.25) is 4.79 Å². The average Bonchev–Trinajstić information content (AvgIpc) is 3.11. The third-order valence-electron chi connectivity index (χ3n) is 4.66. The van der Waals surface area contributed by atoms with Gasteiger partial charge < -0.3 is 4.90 Å². The Bertz CT molecular complexity index is 846. The van der Waals surface area contributed by atoms with Crippen LogP contribution in [-0.4, -0.2) is 57.8 Å². The van der Waals surface area contributed by atoms with E-state index in [4.69, 9.17) is 0 Å². The van der Waals surface area contributed by atoms with Crippen LogP contribution >= 0.6 is 0 Å². The zero-order chi connectivity index (χ0) is 17.3. The second-order valence-corrected chi connectivity index (χ2v) is 8.58. The maximum atomic E-state index is 12.9. The largest absolute Gasteiger partial charge is 0.334 e. The molecule has 1 aromatic heterocycles. The fourth-order valence-electron chi connectivity index (χ4n) is 3.24. The highest BCUT2D eigenvalue weighted by Gasteiger charge is 2.36. The number of carbonyl (C=O) groups is 1. The van der Waals surface area contributed by atoms with E-state index in [1.807, 2.05) is 38.1 Å². The van der Waals surface area contributed by atoms with Gasteiger partial charge in [-0.1, -0.05) is 24.3 Å². The van der Waals surface area contributed by atoms with Crippen molar-refractivity contribution in [3.8, 4) is 0 Å². The van der Waals surface area contributed by atoms with E-state index in [0.29, 0.717) is 6.42 Å². The molecule has 0 saturated carbocycles. The summed E-state index contributed by atoms with van der Waals surface area (Å²) in [4.78, 5) is 14.6. The van der Waals surface area contributed by atoms with Gasteiger partial charge in [-0.25, -0.2) is 13.1 Å². The van der Waals surface area contributed by atoms with Crippen molar-refractivity contribution in [2.75, 3.05) is 11.5 Å². The molecule has 7 nitrogen and oxygen atoms in total. The summed E-state index contributed by atoms with van der Waals surface area (Å²) in [6.45, 7) is 4.03. The molecular weight excluding hydrogens is 328 g/mol. The monoisotopic (exact) mass is 350 g/mol. The maximum Gasteiger partial charge on any atom is 0.244 e. The lowest BCUT2D eigenvalue weighted by Crippen LogP contribution is -2.48. The summed E-state index contributed by atoms with van der Waals surface area (Å²) < 4.78 is 25.2. The lowest BCUT2D eigenvalue weighted by atomic mass is 10.1. The van der Waals surface area contributed by atoms with Gasteiger partial charge in [0.15, 0.2) is 9.84 Å². The number of benzene rings is 1. The third kappa shape index (κ3) is 3.28. The molecule has 2 atom stereocenters. The van der Waals surface area contributed by atoms with Gasteiger partial charge in [-0.2, -0.15) is 0 Å². The standard InChI is InChI=1S/C16H22N4O3S/c1-3-12(2)20(13-8-9-24(22,23)11-13)16(21)10-19-15-7-5-4-6-14(15)17-18-19/h4-7,12-13H,3,8-11H2,1-2H3/t12-,13-/m0/s1. The zero-order valence-corrected chi connectivity index (χ0v) is 14.7. The van der Waals surface area contributed by atoms with E-state index in [-0.39, 0.29) is 36.0 Å². The first-order valence-corrected chi connectivity index (χ1v) is 10.0. The highest BCUT2D eigenvalue weighted by molar-refractivity contribution is 7.91. The minimum Gasteiger partial charge on any atom is -0.334 e. The number of nitrogens with zero attached hydrogens (tertiary/aromatic N) is 4. The fraction of sp³-hybridized carbons (Fsp3) is 0.562. The Labute approximate surface area is 141 Å². The van der Waals surface area contributed by atoms with E-state index in [1.54, 1.807) is 9.58 Å². The molecular formula is C16H22N4O3S.